The zero-order valence-electron chi connectivity index (χ0n) is 10.2. The predicted molar refractivity (Wildman–Crippen MR) is 65.4 cm³/mol. The minimum absolute atomic E-state index is 0.108. The fourth-order valence-corrected chi connectivity index (χ4v) is 1.25. The molecule has 0 aliphatic rings. The first kappa shape index (κ1) is 14.4. The van der Waals surface area contributed by atoms with Crippen LogP contribution >= 0.6 is 0 Å². The van der Waals surface area contributed by atoms with E-state index in [4.69, 9.17) is 14.6 Å². The molecule has 100 valence electrons. The molecule has 1 aromatic carbocycles. The van der Waals surface area contributed by atoms with Crippen molar-refractivity contribution in [2.24, 2.45) is 0 Å². The van der Waals surface area contributed by atoms with E-state index in [0.717, 1.165) is 0 Å². The Kier molecular flexibility index (Phi) is 4.82. The van der Waals surface area contributed by atoms with Crippen molar-refractivity contribution in [3.05, 3.63) is 35.9 Å². The summed E-state index contributed by atoms with van der Waals surface area (Å²) in [5, 5.41) is 8.60. The highest BCUT2D eigenvalue weighted by Crippen LogP contribution is 2.28. The Bertz CT molecular complexity index is 532. The normalized spacial score (nSPS) is 9.53. The standard InChI is InChI=1S/C13H12O6/c1-8(13(16)17)5-12(15)19-10-4-3-9(7-14)6-11(10)18-2/h3-4,6-7H,1,5H2,2H3,(H,16,17). The average molecular weight is 264 g/mol. The number of esters is 1. The van der Waals surface area contributed by atoms with Gasteiger partial charge in [0.15, 0.2) is 11.5 Å². The van der Waals surface area contributed by atoms with Crippen molar-refractivity contribution in [2.45, 2.75) is 6.42 Å². The largest absolute Gasteiger partial charge is 0.493 e. The Morgan fingerprint density at radius 1 is 1.37 bits per heavy atom. The molecule has 0 fully saturated rings. The van der Waals surface area contributed by atoms with Gasteiger partial charge in [-0.3, -0.25) is 9.59 Å². The SMILES string of the molecule is C=C(CC(=O)Oc1ccc(C=O)cc1OC)C(=O)O. The van der Waals surface area contributed by atoms with E-state index in [1.807, 2.05) is 0 Å². The molecule has 0 atom stereocenters. The van der Waals surface area contributed by atoms with Gasteiger partial charge in [0.25, 0.3) is 0 Å². The molecule has 0 aliphatic heterocycles. The molecule has 0 radical (unpaired) electrons. The number of ether oxygens (including phenoxy) is 2. The highest BCUT2D eigenvalue weighted by molar-refractivity contribution is 5.92. The molecular weight excluding hydrogens is 252 g/mol. The molecule has 19 heavy (non-hydrogen) atoms. The minimum Gasteiger partial charge on any atom is -0.493 e. The van der Waals surface area contributed by atoms with Crippen LogP contribution in [-0.4, -0.2) is 30.4 Å². The van der Waals surface area contributed by atoms with Crippen molar-refractivity contribution >= 4 is 18.2 Å². The first-order chi connectivity index (χ1) is 8.97. The summed E-state index contributed by atoms with van der Waals surface area (Å²) in [6.07, 6.45) is 0.189. The van der Waals surface area contributed by atoms with Gasteiger partial charge in [0, 0.05) is 11.1 Å². The van der Waals surface area contributed by atoms with Crippen LogP contribution in [0.4, 0.5) is 0 Å². The fraction of sp³-hybridized carbons (Fsp3) is 0.154. The van der Waals surface area contributed by atoms with E-state index in [0.29, 0.717) is 11.8 Å². The predicted octanol–water partition coefficient (Wildman–Crippen LogP) is 1.44. The van der Waals surface area contributed by atoms with Crippen molar-refractivity contribution in [2.75, 3.05) is 7.11 Å². The molecule has 1 rings (SSSR count). The summed E-state index contributed by atoms with van der Waals surface area (Å²) in [6, 6.07) is 4.25. The van der Waals surface area contributed by atoms with Crippen LogP contribution in [0.25, 0.3) is 0 Å². The van der Waals surface area contributed by atoms with Gasteiger partial charge in [0.1, 0.15) is 6.29 Å². The lowest BCUT2D eigenvalue weighted by Crippen LogP contribution is -2.12. The molecule has 0 saturated carbocycles. The molecule has 0 amide bonds. The molecule has 0 bridgehead atoms. The Labute approximate surface area is 109 Å². The summed E-state index contributed by atoms with van der Waals surface area (Å²) in [4.78, 5) is 32.6. The third-order valence-electron chi connectivity index (χ3n) is 2.21. The molecule has 0 saturated heterocycles. The Morgan fingerprint density at radius 3 is 2.58 bits per heavy atom. The number of hydrogen-bond acceptors (Lipinski definition) is 5. The van der Waals surface area contributed by atoms with Crippen LogP contribution in [0, 0.1) is 0 Å². The number of carbonyl (C=O) groups is 3. The van der Waals surface area contributed by atoms with Gasteiger partial charge in [-0.25, -0.2) is 4.79 Å². The summed E-state index contributed by atoms with van der Waals surface area (Å²) in [6.45, 7) is 3.23. The smallest absolute Gasteiger partial charge is 0.331 e. The van der Waals surface area contributed by atoms with Crippen LogP contribution in [0.5, 0.6) is 11.5 Å². The minimum atomic E-state index is -1.26. The monoisotopic (exact) mass is 264 g/mol. The number of hydrogen-bond donors (Lipinski definition) is 1. The number of rotatable bonds is 6. The topological polar surface area (TPSA) is 89.9 Å². The number of carbonyl (C=O) groups excluding carboxylic acids is 2. The number of aldehydes is 1. The zero-order chi connectivity index (χ0) is 14.4. The molecule has 0 spiro atoms. The van der Waals surface area contributed by atoms with Gasteiger partial charge in [-0.2, -0.15) is 0 Å². The van der Waals surface area contributed by atoms with E-state index >= 15 is 0 Å². The maximum atomic E-state index is 11.5. The molecule has 0 heterocycles. The van der Waals surface area contributed by atoms with Gasteiger partial charge in [-0.15, -0.1) is 0 Å². The lowest BCUT2D eigenvalue weighted by atomic mass is 10.2. The molecule has 6 nitrogen and oxygen atoms in total. The molecule has 6 heteroatoms. The average Bonchev–Trinajstić information content (AvgIpc) is 2.38. The summed E-state index contributed by atoms with van der Waals surface area (Å²) in [5.41, 5.74) is 0.0973. The molecule has 1 N–H and O–H groups in total. The van der Waals surface area contributed by atoms with Crippen molar-refractivity contribution in [1.29, 1.82) is 0 Å². The number of aliphatic carboxylic acids is 1. The first-order valence-electron chi connectivity index (χ1n) is 5.23. The van der Waals surface area contributed by atoms with Crippen LogP contribution in [0.15, 0.2) is 30.4 Å². The molecule has 0 aromatic heterocycles. The van der Waals surface area contributed by atoms with Gasteiger partial charge in [-0.05, 0) is 18.2 Å². The van der Waals surface area contributed by atoms with Crippen LogP contribution < -0.4 is 9.47 Å². The van der Waals surface area contributed by atoms with Crippen LogP contribution in [0.1, 0.15) is 16.8 Å². The molecular formula is C13H12O6. The molecule has 1 aromatic rings. The highest BCUT2D eigenvalue weighted by atomic mass is 16.6. The van der Waals surface area contributed by atoms with Crippen LogP contribution in [0.2, 0.25) is 0 Å². The van der Waals surface area contributed by atoms with E-state index < -0.39 is 18.4 Å². The second kappa shape index (κ2) is 6.34. The summed E-state index contributed by atoms with van der Waals surface area (Å²) in [7, 11) is 1.36. The fourth-order valence-electron chi connectivity index (χ4n) is 1.25. The first-order valence-corrected chi connectivity index (χ1v) is 5.23. The third kappa shape index (κ3) is 3.95. The Balaban J connectivity index is 2.82. The van der Waals surface area contributed by atoms with Crippen molar-refractivity contribution in [3.8, 4) is 11.5 Å². The van der Waals surface area contributed by atoms with Crippen molar-refractivity contribution in [3.63, 3.8) is 0 Å². The quantitative estimate of drug-likeness (QED) is 0.362. The third-order valence-corrected chi connectivity index (χ3v) is 2.21. The van der Waals surface area contributed by atoms with Gasteiger partial charge >= 0.3 is 11.9 Å². The maximum Gasteiger partial charge on any atom is 0.331 e. The number of benzene rings is 1. The van der Waals surface area contributed by atoms with Crippen LogP contribution in [0.3, 0.4) is 0 Å². The van der Waals surface area contributed by atoms with Gasteiger partial charge in [0.05, 0.1) is 13.5 Å². The summed E-state index contributed by atoms with van der Waals surface area (Å²) >= 11 is 0. The van der Waals surface area contributed by atoms with Gasteiger partial charge < -0.3 is 14.6 Å². The number of methoxy groups -OCH3 is 1. The van der Waals surface area contributed by atoms with E-state index in [1.54, 1.807) is 0 Å². The number of carboxylic acid groups (broad SMARTS) is 1. The van der Waals surface area contributed by atoms with E-state index in [2.05, 4.69) is 6.58 Å². The summed E-state index contributed by atoms with van der Waals surface area (Å²) < 4.78 is 9.92. The lowest BCUT2D eigenvalue weighted by molar-refractivity contribution is -0.138. The van der Waals surface area contributed by atoms with E-state index in [-0.39, 0.29) is 17.1 Å². The van der Waals surface area contributed by atoms with E-state index in [9.17, 15) is 14.4 Å². The van der Waals surface area contributed by atoms with Gasteiger partial charge in [-0.1, -0.05) is 6.58 Å². The van der Waals surface area contributed by atoms with Crippen LogP contribution in [-0.2, 0) is 9.59 Å². The van der Waals surface area contributed by atoms with E-state index in [1.165, 1.54) is 25.3 Å². The highest BCUT2D eigenvalue weighted by Gasteiger charge is 2.14. The maximum absolute atomic E-state index is 11.5. The molecule has 0 unspecified atom stereocenters. The zero-order valence-corrected chi connectivity index (χ0v) is 10.2. The Morgan fingerprint density at radius 2 is 2.05 bits per heavy atom. The number of carboxylic acids is 1. The second-order valence-corrected chi connectivity index (χ2v) is 3.59. The Hall–Kier alpha value is -2.63. The molecule has 0 aliphatic carbocycles. The van der Waals surface area contributed by atoms with Crippen molar-refractivity contribution in [1.82, 2.24) is 0 Å². The van der Waals surface area contributed by atoms with Gasteiger partial charge in [0.2, 0.25) is 0 Å². The summed E-state index contributed by atoms with van der Waals surface area (Å²) in [5.74, 6) is -1.72. The van der Waals surface area contributed by atoms with Crippen molar-refractivity contribution < 1.29 is 29.0 Å². The lowest BCUT2D eigenvalue weighted by Gasteiger charge is -2.09. The second-order valence-electron chi connectivity index (χ2n) is 3.59.